The van der Waals surface area contributed by atoms with E-state index in [0.717, 1.165) is 12.1 Å². The molecule has 1 N–H and O–H groups in total. The van der Waals surface area contributed by atoms with E-state index < -0.39 is 16.2 Å². The molecule has 1 amide bonds. The number of aromatic nitrogens is 1. The zero-order chi connectivity index (χ0) is 14.0. The van der Waals surface area contributed by atoms with Gasteiger partial charge in [0.05, 0.1) is 0 Å². The number of anilines is 1. The van der Waals surface area contributed by atoms with Crippen molar-refractivity contribution in [1.29, 1.82) is 0 Å². The van der Waals surface area contributed by atoms with Gasteiger partial charge >= 0.3 is 16.2 Å². The van der Waals surface area contributed by atoms with E-state index in [-0.39, 0.29) is 0 Å². The van der Waals surface area contributed by atoms with Crippen LogP contribution in [0.25, 0.3) is 0 Å². The normalized spacial score (nSPS) is 15.7. The third-order valence-electron chi connectivity index (χ3n) is 2.93. The second-order valence-corrected chi connectivity index (χ2v) is 6.19. The highest BCUT2D eigenvalue weighted by atomic mass is 32.2. The topological polar surface area (TPSA) is 73.6 Å². The van der Waals surface area contributed by atoms with Gasteiger partial charge in [-0.05, 0) is 6.42 Å². The summed E-state index contributed by atoms with van der Waals surface area (Å²) >= 11 is 0. The van der Waals surface area contributed by atoms with Gasteiger partial charge in [-0.1, -0.05) is 0 Å². The minimum absolute atomic E-state index is 0.465. The van der Waals surface area contributed by atoms with E-state index >= 15 is 0 Å². The van der Waals surface area contributed by atoms with Crippen molar-refractivity contribution in [2.45, 2.75) is 6.42 Å². The lowest BCUT2D eigenvalue weighted by Crippen LogP contribution is -2.57. The molecule has 1 aliphatic heterocycles. The Morgan fingerprint density at radius 1 is 1.32 bits per heavy atom. The van der Waals surface area contributed by atoms with Crippen molar-refractivity contribution in [2.75, 3.05) is 32.1 Å². The van der Waals surface area contributed by atoms with Crippen molar-refractivity contribution in [3.05, 3.63) is 24.5 Å². The fraction of sp³-hybridized carbons (Fsp3) is 0.455. The Labute approximate surface area is 112 Å². The van der Waals surface area contributed by atoms with Crippen molar-refractivity contribution in [1.82, 2.24) is 9.03 Å². The first-order chi connectivity index (χ1) is 8.90. The summed E-state index contributed by atoms with van der Waals surface area (Å²) in [6, 6.07) is 2.78. The molecule has 1 aromatic heterocycles. The standard InChI is InChI=1S/C11H16N4O3S/c1-13(2)10-4-8-14(9-5-10)11(16)12-19(17,18)15-6-3-7-15/h4-5,8-9H,3,6-7H2,1-2H3/p+1. The van der Waals surface area contributed by atoms with Crippen molar-refractivity contribution >= 4 is 21.9 Å². The Hall–Kier alpha value is -1.67. The molecule has 1 saturated heterocycles. The second kappa shape index (κ2) is 5.14. The van der Waals surface area contributed by atoms with E-state index in [1.165, 1.54) is 21.3 Å². The van der Waals surface area contributed by atoms with Gasteiger partial charge in [0.2, 0.25) is 0 Å². The van der Waals surface area contributed by atoms with Crippen LogP contribution in [0.1, 0.15) is 6.42 Å². The van der Waals surface area contributed by atoms with Gasteiger partial charge in [-0.15, -0.1) is 4.72 Å². The Morgan fingerprint density at radius 3 is 2.32 bits per heavy atom. The molecule has 0 atom stereocenters. The third-order valence-corrected chi connectivity index (χ3v) is 4.41. The minimum atomic E-state index is -3.69. The Morgan fingerprint density at radius 2 is 1.89 bits per heavy atom. The van der Waals surface area contributed by atoms with Gasteiger partial charge in [0.25, 0.3) is 0 Å². The summed E-state index contributed by atoms with van der Waals surface area (Å²) in [6.45, 7) is 0.930. The molecular formula is C11H17N4O3S+. The molecular weight excluding hydrogens is 268 g/mol. The molecule has 1 aromatic rings. The van der Waals surface area contributed by atoms with Crippen LogP contribution in [0.4, 0.5) is 10.5 Å². The van der Waals surface area contributed by atoms with Crippen LogP contribution in [0.15, 0.2) is 24.5 Å². The van der Waals surface area contributed by atoms with Crippen LogP contribution in [0, 0.1) is 0 Å². The summed E-state index contributed by atoms with van der Waals surface area (Å²) in [5, 5.41) is 0. The maximum absolute atomic E-state index is 11.8. The molecule has 0 spiro atoms. The van der Waals surface area contributed by atoms with Crippen molar-refractivity contribution < 1.29 is 17.8 Å². The predicted octanol–water partition coefficient (Wildman–Crippen LogP) is -0.452. The zero-order valence-corrected chi connectivity index (χ0v) is 11.7. The van der Waals surface area contributed by atoms with Gasteiger partial charge in [0.1, 0.15) is 12.4 Å². The second-order valence-electron chi connectivity index (χ2n) is 4.52. The van der Waals surface area contributed by atoms with E-state index in [1.807, 2.05) is 23.7 Å². The minimum Gasteiger partial charge on any atom is -0.377 e. The fourth-order valence-corrected chi connectivity index (χ4v) is 2.80. The maximum Gasteiger partial charge on any atom is 0.512 e. The largest absolute Gasteiger partial charge is 0.512 e. The Balaban J connectivity index is 2.07. The lowest BCUT2D eigenvalue weighted by molar-refractivity contribution is -0.570. The van der Waals surface area contributed by atoms with E-state index in [9.17, 15) is 13.2 Å². The first-order valence-corrected chi connectivity index (χ1v) is 7.35. The molecule has 0 saturated carbocycles. The number of pyridine rings is 1. The van der Waals surface area contributed by atoms with Gasteiger partial charge in [0, 0.05) is 45.0 Å². The van der Waals surface area contributed by atoms with Crippen molar-refractivity contribution in [3.63, 3.8) is 0 Å². The summed E-state index contributed by atoms with van der Waals surface area (Å²) < 4.78 is 28.0. The van der Waals surface area contributed by atoms with Gasteiger partial charge < -0.3 is 4.90 Å². The molecule has 104 valence electrons. The smallest absolute Gasteiger partial charge is 0.377 e. The molecule has 0 aromatic carbocycles. The van der Waals surface area contributed by atoms with Gasteiger partial charge in [-0.3, -0.25) is 0 Å². The van der Waals surface area contributed by atoms with Crippen molar-refractivity contribution in [3.8, 4) is 0 Å². The maximum atomic E-state index is 11.8. The zero-order valence-electron chi connectivity index (χ0n) is 10.9. The highest BCUT2D eigenvalue weighted by Crippen LogP contribution is 2.10. The number of nitrogens with one attached hydrogen (secondary N) is 1. The van der Waals surface area contributed by atoms with Gasteiger partial charge in [-0.2, -0.15) is 22.1 Å². The summed E-state index contributed by atoms with van der Waals surface area (Å²) in [5.41, 5.74) is 0.926. The molecule has 19 heavy (non-hydrogen) atoms. The monoisotopic (exact) mass is 285 g/mol. The lowest BCUT2D eigenvalue weighted by Gasteiger charge is -2.26. The van der Waals surface area contributed by atoms with Crippen LogP contribution in [0.2, 0.25) is 0 Å². The van der Waals surface area contributed by atoms with Gasteiger partial charge in [0.15, 0.2) is 0 Å². The number of rotatable bonds is 3. The average molecular weight is 285 g/mol. The molecule has 1 aliphatic rings. The average Bonchev–Trinajstić information content (AvgIpc) is 2.25. The van der Waals surface area contributed by atoms with Gasteiger partial charge in [-0.25, -0.2) is 0 Å². The summed E-state index contributed by atoms with van der Waals surface area (Å²) in [7, 11) is 0.0712. The third kappa shape index (κ3) is 3.02. The molecule has 0 radical (unpaired) electrons. The SMILES string of the molecule is CN(C)c1cc[n+](C(=O)NS(=O)(=O)N2CCC2)cc1. The predicted molar refractivity (Wildman–Crippen MR) is 70.0 cm³/mol. The number of hydrogen-bond acceptors (Lipinski definition) is 4. The molecule has 2 heterocycles. The number of amides is 1. The molecule has 0 aliphatic carbocycles. The molecule has 1 fully saturated rings. The van der Waals surface area contributed by atoms with E-state index in [1.54, 1.807) is 12.1 Å². The van der Waals surface area contributed by atoms with Crippen LogP contribution >= 0.6 is 0 Å². The Kier molecular flexibility index (Phi) is 3.72. The van der Waals surface area contributed by atoms with E-state index in [4.69, 9.17) is 0 Å². The highest BCUT2D eigenvalue weighted by Gasteiger charge is 2.34. The van der Waals surface area contributed by atoms with Crippen LogP contribution in [0.3, 0.4) is 0 Å². The van der Waals surface area contributed by atoms with Crippen LogP contribution in [-0.2, 0) is 10.2 Å². The lowest BCUT2D eigenvalue weighted by atomic mass is 10.3. The quantitative estimate of drug-likeness (QED) is 0.763. The number of carbonyl (C=O) groups excluding carboxylic acids is 1. The van der Waals surface area contributed by atoms with Crippen LogP contribution in [-0.4, -0.2) is 45.9 Å². The van der Waals surface area contributed by atoms with E-state index in [0.29, 0.717) is 13.1 Å². The number of nitrogens with zero attached hydrogens (tertiary/aromatic N) is 3. The molecule has 0 unspecified atom stereocenters. The molecule has 0 bridgehead atoms. The number of hydrogen-bond donors (Lipinski definition) is 1. The molecule has 8 heteroatoms. The van der Waals surface area contributed by atoms with Crippen molar-refractivity contribution in [2.24, 2.45) is 0 Å². The summed E-state index contributed by atoms with van der Waals surface area (Å²) in [4.78, 5) is 13.7. The summed E-state index contributed by atoms with van der Waals surface area (Å²) in [6.07, 6.45) is 3.88. The first kappa shape index (κ1) is 13.8. The first-order valence-electron chi connectivity index (χ1n) is 5.91. The highest BCUT2D eigenvalue weighted by molar-refractivity contribution is 7.87. The van der Waals surface area contributed by atoms with Crippen LogP contribution in [0.5, 0.6) is 0 Å². The van der Waals surface area contributed by atoms with E-state index in [2.05, 4.69) is 0 Å². The Bertz CT molecular complexity index is 564. The summed E-state index contributed by atoms with van der Waals surface area (Å²) in [5.74, 6) is 0. The fourth-order valence-electron chi connectivity index (χ4n) is 1.61. The molecule has 2 rings (SSSR count). The molecule has 7 nitrogen and oxygen atoms in total. The number of carbonyl (C=O) groups is 1. The van der Waals surface area contributed by atoms with Crippen LogP contribution < -0.4 is 14.2 Å².